The average molecular weight is 404 g/mol. The number of aromatic nitrogens is 2. The molecule has 0 saturated heterocycles. The summed E-state index contributed by atoms with van der Waals surface area (Å²) in [5, 5.41) is 30.9. The summed E-state index contributed by atoms with van der Waals surface area (Å²) in [4.78, 5) is 8.73. The number of halogens is 1. The van der Waals surface area contributed by atoms with E-state index in [2.05, 4.69) is 20.2 Å². The van der Waals surface area contributed by atoms with E-state index in [0.29, 0.717) is 44.4 Å². The minimum atomic E-state index is -0.0788. The van der Waals surface area contributed by atoms with Gasteiger partial charge in [0.1, 0.15) is 11.4 Å². The summed E-state index contributed by atoms with van der Waals surface area (Å²) in [6.07, 6.45) is 1.66. The molecule has 1 aliphatic heterocycles. The van der Waals surface area contributed by atoms with Crippen LogP contribution in [0.3, 0.4) is 0 Å². The van der Waals surface area contributed by atoms with Crippen LogP contribution >= 0.6 is 11.6 Å². The van der Waals surface area contributed by atoms with E-state index < -0.39 is 0 Å². The number of fused-ring (bicyclic) bond motifs is 2. The molecule has 4 aromatic rings. The van der Waals surface area contributed by atoms with Gasteiger partial charge in [0.25, 0.3) is 0 Å². The van der Waals surface area contributed by atoms with E-state index in [1.54, 1.807) is 36.5 Å². The van der Waals surface area contributed by atoms with Crippen LogP contribution < -0.4 is 0 Å². The van der Waals surface area contributed by atoms with Crippen molar-refractivity contribution < 1.29 is 10.2 Å². The van der Waals surface area contributed by atoms with Crippen LogP contribution in [0.5, 0.6) is 11.8 Å². The van der Waals surface area contributed by atoms with Gasteiger partial charge in [-0.2, -0.15) is 0 Å². The fourth-order valence-electron chi connectivity index (χ4n) is 3.45. The number of aliphatic imine (C=N–C) groups is 1. The summed E-state index contributed by atoms with van der Waals surface area (Å²) in [6, 6.07) is 14.1. The molecule has 0 atom stereocenters. The highest BCUT2D eigenvalue weighted by Crippen LogP contribution is 2.42. The fraction of sp³-hybridized carbons (Fsp3) is 0.0476. The number of hydrogen-bond donors (Lipinski definition) is 2. The summed E-state index contributed by atoms with van der Waals surface area (Å²) in [5.41, 5.74) is 3.12. The second-order valence-corrected chi connectivity index (χ2v) is 7.03. The molecule has 2 aromatic carbocycles. The second kappa shape index (κ2) is 6.42. The minimum absolute atomic E-state index is 0.0701. The fourth-order valence-corrected chi connectivity index (χ4v) is 3.71. The molecule has 7 nitrogen and oxygen atoms in total. The standard InChI is InChI=1S/C21H14ClN5O2/c1-11-4-2-5-13-17(11)21(29)27(20(13)28)16-8-7-12(10-14(16)22)24-19-18-15(25-26-19)6-3-9-23-18/h2-10,28-29H,1H3. The van der Waals surface area contributed by atoms with Crippen molar-refractivity contribution in [3.8, 4) is 17.4 Å². The number of hydrogen-bond acceptors (Lipinski definition) is 5. The molecule has 2 aromatic heterocycles. The van der Waals surface area contributed by atoms with Gasteiger partial charge in [-0.25, -0.2) is 9.56 Å². The highest BCUT2D eigenvalue weighted by Gasteiger charge is 2.21. The largest absolute Gasteiger partial charge is 0.494 e. The molecule has 0 fully saturated rings. The number of benzene rings is 2. The molecule has 1 aliphatic rings. The maximum atomic E-state index is 10.7. The quantitative estimate of drug-likeness (QED) is 0.457. The van der Waals surface area contributed by atoms with Crippen molar-refractivity contribution in [2.24, 2.45) is 15.2 Å². The van der Waals surface area contributed by atoms with E-state index in [1.807, 2.05) is 25.1 Å². The third-order valence-electron chi connectivity index (χ3n) is 4.82. The molecule has 5 rings (SSSR count). The van der Waals surface area contributed by atoms with Crippen LogP contribution in [0.4, 0.5) is 11.4 Å². The molecule has 0 radical (unpaired) electrons. The molecule has 0 aliphatic carbocycles. The number of nitrogens with zero attached hydrogens (tertiary/aromatic N) is 5. The van der Waals surface area contributed by atoms with Crippen molar-refractivity contribution in [3.63, 3.8) is 0 Å². The van der Waals surface area contributed by atoms with Crippen molar-refractivity contribution in [2.45, 2.75) is 6.92 Å². The minimum Gasteiger partial charge on any atom is -0.494 e. The van der Waals surface area contributed by atoms with E-state index >= 15 is 0 Å². The van der Waals surface area contributed by atoms with Crippen molar-refractivity contribution in [1.29, 1.82) is 0 Å². The molecule has 0 spiro atoms. The molecule has 3 heterocycles. The molecule has 0 saturated carbocycles. The summed E-state index contributed by atoms with van der Waals surface area (Å²) < 4.78 is 1.32. The summed E-state index contributed by atoms with van der Waals surface area (Å²) in [5.74, 6) is 0.251. The second-order valence-electron chi connectivity index (χ2n) is 6.62. The molecular weight excluding hydrogens is 390 g/mol. The third-order valence-corrected chi connectivity index (χ3v) is 5.12. The van der Waals surface area contributed by atoms with Gasteiger partial charge in [0.15, 0.2) is 0 Å². The van der Waals surface area contributed by atoms with Crippen LogP contribution in [-0.4, -0.2) is 25.6 Å². The van der Waals surface area contributed by atoms with Crippen LogP contribution in [0.25, 0.3) is 16.5 Å². The predicted molar refractivity (Wildman–Crippen MR) is 111 cm³/mol. The van der Waals surface area contributed by atoms with Crippen LogP contribution in [0.1, 0.15) is 11.3 Å². The van der Waals surface area contributed by atoms with Gasteiger partial charge in [-0.3, -0.25) is 4.98 Å². The number of aromatic hydroxyl groups is 2. The third kappa shape index (κ3) is 2.67. The summed E-state index contributed by atoms with van der Waals surface area (Å²) in [7, 11) is 0. The molecule has 29 heavy (non-hydrogen) atoms. The van der Waals surface area contributed by atoms with E-state index in [0.717, 1.165) is 5.56 Å². The van der Waals surface area contributed by atoms with Gasteiger partial charge < -0.3 is 10.2 Å². The first-order valence-corrected chi connectivity index (χ1v) is 9.20. The number of aryl methyl sites for hydroxylation is 1. The lowest BCUT2D eigenvalue weighted by Gasteiger charge is -2.09. The molecule has 2 N–H and O–H groups in total. The number of pyridine rings is 1. The lowest BCUT2D eigenvalue weighted by molar-refractivity contribution is 0.406. The maximum Gasteiger partial charge on any atom is 0.207 e. The molecule has 8 heteroatoms. The van der Waals surface area contributed by atoms with Gasteiger partial charge >= 0.3 is 0 Å². The molecular formula is C21H14ClN5O2. The van der Waals surface area contributed by atoms with Crippen LogP contribution in [-0.2, 0) is 0 Å². The molecule has 0 amide bonds. The van der Waals surface area contributed by atoms with Gasteiger partial charge in [0, 0.05) is 11.6 Å². The molecule has 142 valence electrons. The van der Waals surface area contributed by atoms with E-state index in [-0.39, 0.29) is 11.8 Å². The average Bonchev–Trinajstić information content (AvgIpc) is 3.23. The van der Waals surface area contributed by atoms with E-state index in [4.69, 9.17) is 11.6 Å². The molecule has 0 unspecified atom stereocenters. The van der Waals surface area contributed by atoms with E-state index in [1.165, 1.54) is 4.57 Å². The molecule has 0 bridgehead atoms. The van der Waals surface area contributed by atoms with Crippen molar-refractivity contribution >= 4 is 39.6 Å². The zero-order chi connectivity index (χ0) is 20.1. The Bertz CT molecular complexity index is 1360. The Kier molecular flexibility index (Phi) is 3.85. The van der Waals surface area contributed by atoms with E-state index in [9.17, 15) is 10.2 Å². The lowest BCUT2D eigenvalue weighted by Crippen LogP contribution is -1.96. The van der Waals surface area contributed by atoms with Crippen molar-refractivity contribution in [3.05, 3.63) is 71.0 Å². The highest BCUT2D eigenvalue weighted by atomic mass is 35.5. The Labute approximate surface area is 170 Å². The first-order chi connectivity index (χ1) is 14.0. The highest BCUT2D eigenvalue weighted by molar-refractivity contribution is 6.32. The van der Waals surface area contributed by atoms with Crippen molar-refractivity contribution in [1.82, 2.24) is 9.55 Å². The van der Waals surface area contributed by atoms with Gasteiger partial charge in [0.2, 0.25) is 17.6 Å². The van der Waals surface area contributed by atoms with Gasteiger partial charge in [0.05, 0.1) is 21.8 Å². The lowest BCUT2D eigenvalue weighted by atomic mass is 10.1. The number of amidine groups is 1. The first kappa shape index (κ1) is 17.4. The first-order valence-electron chi connectivity index (χ1n) is 8.82. The Morgan fingerprint density at radius 3 is 2.66 bits per heavy atom. The zero-order valence-corrected chi connectivity index (χ0v) is 16.0. The normalized spacial score (nSPS) is 14.1. The van der Waals surface area contributed by atoms with Crippen molar-refractivity contribution in [2.75, 3.05) is 0 Å². The smallest absolute Gasteiger partial charge is 0.207 e. The monoisotopic (exact) mass is 403 g/mol. The Hall–Kier alpha value is -3.71. The predicted octanol–water partition coefficient (Wildman–Crippen LogP) is 5.57. The maximum absolute atomic E-state index is 10.7. The Morgan fingerprint density at radius 1 is 1.00 bits per heavy atom. The number of rotatable bonds is 2. The topological polar surface area (TPSA) is 95.4 Å². The summed E-state index contributed by atoms with van der Waals surface area (Å²) >= 11 is 6.48. The SMILES string of the molecule is Cc1cccc2c(O)n(-c3ccc(N=C4N=Nc5cccnc54)cc3Cl)c(O)c12. The Morgan fingerprint density at radius 2 is 1.86 bits per heavy atom. The van der Waals surface area contributed by atoms with Crippen LogP contribution in [0.15, 0.2) is 69.9 Å². The number of azo groups is 1. The van der Waals surface area contributed by atoms with Gasteiger partial charge in [-0.05, 0) is 48.9 Å². The Balaban J connectivity index is 1.61. The van der Waals surface area contributed by atoms with Gasteiger partial charge in [-0.15, -0.1) is 10.2 Å². The zero-order valence-electron chi connectivity index (χ0n) is 15.2. The van der Waals surface area contributed by atoms with Crippen LogP contribution in [0.2, 0.25) is 5.02 Å². The van der Waals surface area contributed by atoms with Gasteiger partial charge in [-0.1, -0.05) is 23.7 Å². The van der Waals surface area contributed by atoms with Crippen LogP contribution in [0, 0.1) is 6.92 Å². The summed E-state index contributed by atoms with van der Waals surface area (Å²) in [6.45, 7) is 1.87.